The summed E-state index contributed by atoms with van der Waals surface area (Å²) in [5, 5.41) is 89.8. The van der Waals surface area contributed by atoms with Crippen LogP contribution in [0.25, 0.3) is 0 Å². The Balaban J connectivity index is 0.934. The van der Waals surface area contributed by atoms with Crippen LogP contribution in [0.1, 0.15) is 101 Å². The smallest absolute Gasteiger partial charge is 0.303 e. The van der Waals surface area contributed by atoms with Gasteiger partial charge in [-0.1, -0.05) is 39.0 Å². The van der Waals surface area contributed by atoms with Gasteiger partial charge in [0, 0.05) is 45.4 Å². The van der Waals surface area contributed by atoms with Crippen molar-refractivity contribution in [2.75, 3.05) is 19.8 Å². The molecule has 8 N–H and O–H groups in total. The molecule has 31 atom stereocenters. The van der Waals surface area contributed by atoms with Gasteiger partial charge in [0.2, 0.25) is 5.79 Å². The highest BCUT2D eigenvalue weighted by Gasteiger charge is 2.72. The van der Waals surface area contributed by atoms with Gasteiger partial charge in [0.05, 0.1) is 50.3 Å². The second-order valence-corrected chi connectivity index (χ2v) is 25.2. The van der Waals surface area contributed by atoms with Gasteiger partial charge in [0.15, 0.2) is 49.6 Å². The standard InChI is InChI=1S/C57H84O26/c1-21-18-72-57(50(69)43(21)80-52-41(67)40(66)39(65)23(3)73-52)22(2)38-36(83-57)17-33-31-12-11-29-15-30(62)16-37(56(29,10)32(31)13-14-55(33,38)9)79-53-48(46(35(64)20-71-53)81-51-42(68)45(76-26(6)59)34(63)19-70-51)82-54-49(78-28(8)61)47(77-27(7)60)44(24(4)74-54)75-25(5)58/h11,22-24,30-54,62-69H,1,12-20H2,2-10H3. The Morgan fingerprint density at radius 1 is 0.627 bits per heavy atom. The van der Waals surface area contributed by atoms with Crippen molar-refractivity contribution >= 4 is 23.9 Å². The average Bonchev–Trinajstić information content (AvgIpc) is 1.97. The quantitative estimate of drug-likeness (QED) is 0.0691. The fourth-order valence-corrected chi connectivity index (χ4v) is 16.2. The number of esters is 4. The monoisotopic (exact) mass is 1180 g/mol. The van der Waals surface area contributed by atoms with Gasteiger partial charge in [-0.2, -0.15) is 0 Å². The highest BCUT2D eigenvalue weighted by Crippen LogP contribution is 2.71. The maximum Gasteiger partial charge on any atom is 0.303 e. The van der Waals surface area contributed by atoms with Crippen molar-refractivity contribution in [3.8, 4) is 0 Å². The molecule has 4 aliphatic carbocycles. The highest BCUT2D eigenvalue weighted by molar-refractivity contribution is 5.68. The number of rotatable bonds is 12. The van der Waals surface area contributed by atoms with E-state index in [0.717, 1.165) is 39.7 Å². The lowest BCUT2D eigenvalue weighted by atomic mass is 9.46. The molecular formula is C57H84O26. The molecule has 468 valence electrons. The van der Waals surface area contributed by atoms with Gasteiger partial charge in [-0.3, -0.25) is 19.2 Å². The second-order valence-electron chi connectivity index (χ2n) is 25.2. The molecule has 0 amide bonds. The SMILES string of the molecule is C=C1COC2(OC3CC4C5CC=C6CC(O)CC(OC7OCC(O)C(OC8OCC(O)C(OC(C)=O)C8O)C7OC7OC(C)C(OC(C)=O)C(OC(C)=O)C7OC(C)=O)C6(C)C5CCC4(C)C3C2C)C(O)C1OC1OC(C)C(O)C(O)C1O. The van der Waals surface area contributed by atoms with E-state index in [0.29, 0.717) is 31.3 Å². The van der Waals surface area contributed by atoms with E-state index in [1.807, 2.05) is 6.92 Å². The largest absolute Gasteiger partial charge is 0.457 e. The zero-order valence-electron chi connectivity index (χ0n) is 48.2. The Hall–Kier alpha value is -3.36. The highest BCUT2D eigenvalue weighted by atomic mass is 16.8. The number of allylic oxidation sites excluding steroid dienone is 1. The zero-order valence-corrected chi connectivity index (χ0v) is 48.2. The maximum absolute atomic E-state index is 12.9. The van der Waals surface area contributed by atoms with E-state index in [1.54, 1.807) is 6.92 Å². The predicted molar refractivity (Wildman–Crippen MR) is 276 cm³/mol. The summed E-state index contributed by atoms with van der Waals surface area (Å²) in [6.45, 7) is 17.1. The van der Waals surface area contributed by atoms with Crippen molar-refractivity contribution in [3.05, 3.63) is 23.8 Å². The fraction of sp³-hybridized carbons (Fsp3) is 0.860. The van der Waals surface area contributed by atoms with Crippen molar-refractivity contribution in [2.45, 2.75) is 248 Å². The van der Waals surface area contributed by atoms with Crippen LogP contribution in [0.15, 0.2) is 23.8 Å². The van der Waals surface area contributed by atoms with E-state index in [9.17, 15) is 60.0 Å². The molecule has 0 radical (unpaired) electrons. The third-order valence-electron chi connectivity index (χ3n) is 20.1. The number of carbonyl (C=O) groups is 4. The summed E-state index contributed by atoms with van der Waals surface area (Å²) < 4.78 is 86.3. The molecule has 6 heterocycles. The zero-order chi connectivity index (χ0) is 60.1. The Bertz CT molecular complexity index is 2440. The Morgan fingerprint density at radius 2 is 1.23 bits per heavy atom. The minimum atomic E-state index is -1.81. The molecule has 31 unspecified atom stereocenters. The van der Waals surface area contributed by atoms with Crippen molar-refractivity contribution in [1.82, 2.24) is 0 Å². The van der Waals surface area contributed by atoms with Crippen molar-refractivity contribution < 1.29 is 126 Å². The molecule has 0 aromatic carbocycles. The molecule has 83 heavy (non-hydrogen) atoms. The molecule has 10 aliphatic rings. The minimum Gasteiger partial charge on any atom is -0.457 e. The number of hydrogen-bond donors (Lipinski definition) is 8. The third kappa shape index (κ3) is 11.2. The van der Waals surface area contributed by atoms with Gasteiger partial charge in [-0.05, 0) is 80.6 Å². The summed E-state index contributed by atoms with van der Waals surface area (Å²) in [5.41, 5.74) is 0.269. The van der Waals surface area contributed by atoms with E-state index in [4.69, 9.17) is 66.3 Å². The fourth-order valence-electron chi connectivity index (χ4n) is 16.2. The summed E-state index contributed by atoms with van der Waals surface area (Å²) >= 11 is 0. The summed E-state index contributed by atoms with van der Waals surface area (Å²) in [4.78, 5) is 50.1. The first kappa shape index (κ1) is 62.7. The minimum absolute atomic E-state index is 0.0244. The molecule has 0 bridgehead atoms. The maximum atomic E-state index is 12.9. The van der Waals surface area contributed by atoms with Crippen molar-refractivity contribution in [3.63, 3.8) is 0 Å². The Kier molecular flexibility index (Phi) is 18.1. The molecule has 6 saturated heterocycles. The van der Waals surface area contributed by atoms with Crippen LogP contribution in [-0.4, -0.2) is 231 Å². The molecule has 1 spiro atoms. The van der Waals surface area contributed by atoms with Gasteiger partial charge >= 0.3 is 23.9 Å². The van der Waals surface area contributed by atoms with Gasteiger partial charge < -0.3 is 107 Å². The van der Waals surface area contributed by atoms with Crippen LogP contribution in [0.5, 0.6) is 0 Å². The molecule has 26 heteroatoms. The van der Waals surface area contributed by atoms with Gasteiger partial charge in [-0.25, -0.2) is 0 Å². The summed E-state index contributed by atoms with van der Waals surface area (Å²) in [6.07, 6.45) is -25.9. The number of ether oxygens (including phenoxy) is 14. The van der Waals surface area contributed by atoms with Crippen LogP contribution in [0.3, 0.4) is 0 Å². The molecular weight excluding hydrogens is 1100 g/mol. The van der Waals surface area contributed by atoms with E-state index < -0.39 is 183 Å². The van der Waals surface area contributed by atoms with Crippen LogP contribution in [0.4, 0.5) is 0 Å². The van der Waals surface area contributed by atoms with Crippen LogP contribution in [-0.2, 0) is 85.5 Å². The van der Waals surface area contributed by atoms with Crippen molar-refractivity contribution in [1.29, 1.82) is 0 Å². The topological polar surface area (TPSA) is 359 Å². The van der Waals surface area contributed by atoms with Gasteiger partial charge in [-0.15, -0.1) is 0 Å². The summed E-state index contributed by atoms with van der Waals surface area (Å²) in [7, 11) is 0. The summed E-state index contributed by atoms with van der Waals surface area (Å²) in [6, 6.07) is 0. The molecule has 26 nitrogen and oxygen atoms in total. The van der Waals surface area contributed by atoms with Gasteiger partial charge in [0.1, 0.15) is 61.0 Å². The predicted octanol–water partition coefficient (Wildman–Crippen LogP) is -0.540. The normalized spacial score (nSPS) is 51.3. The first-order valence-electron chi connectivity index (χ1n) is 29.1. The van der Waals surface area contributed by atoms with E-state index in [1.165, 1.54) is 6.92 Å². The number of fused-ring (bicyclic) bond motifs is 7. The lowest BCUT2D eigenvalue weighted by molar-refractivity contribution is -0.382. The third-order valence-corrected chi connectivity index (χ3v) is 20.1. The molecule has 10 rings (SSSR count). The molecule has 6 aliphatic heterocycles. The Morgan fingerprint density at radius 3 is 1.90 bits per heavy atom. The number of aliphatic hydroxyl groups excluding tert-OH is 8. The number of carbonyl (C=O) groups excluding carboxylic acids is 4. The van der Waals surface area contributed by atoms with Crippen LogP contribution >= 0.6 is 0 Å². The molecule has 0 aromatic heterocycles. The van der Waals surface area contributed by atoms with E-state index in [-0.39, 0.29) is 54.1 Å². The molecule has 3 saturated carbocycles. The van der Waals surface area contributed by atoms with E-state index >= 15 is 0 Å². The van der Waals surface area contributed by atoms with Gasteiger partial charge in [0.25, 0.3) is 0 Å². The first-order valence-corrected chi connectivity index (χ1v) is 29.1. The summed E-state index contributed by atoms with van der Waals surface area (Å²) in [5.74, 6) is -5.13. The van der Waals surface area contributed by atoms with Crippen LogP contribution in [0, 0.1) is 40.4 Å². The van der Waals surface area contributed by atoms with E-state index in [2.05, 4.69) is 26.5 Å². The number of aliphatic hydroxyl groups is 8. The first-order chi connectivity index (χ1) is 39.1. The van der Waals surface area contributed by atoms with Crippen LogP contribution < -0.4 is 0 Å². The molecule has 0 aromatic rings. The number of hydrogen-bond acceptors (Lipinski definition) is 26. The lowest BCUT2D eigenvalue weighted by Crippen LogP contribution is -2.66. The van der Waals surface area contributed by atoms with Crippen LogP contribution in [0.2, 0.25) is 0 Å². The average molecular weight is 1190 g/mol. The molecule has 9 fully saturated rings. The van der Waals surface area contributed by atoms with Crippen molar-refractivity contribution in [2.24, 2.45) is 40.4 Å². The second kappa shape index (κ2) is 24.0. The Labute approximate surface area is 480 Å². The lowest BCUT2D eigenvalue weighted by Gasteiger charge is -2.60.